The van der Waals surface area contributed by atoms with E-state index in [1.54, 1.807) is 32.4 Å². The number of nitrogens with zero attached hydrogens (tertiary/aromatic N) is 2. The lowest BCUT2D eigenvalue weighted by atomic mass is 10.2. The number of sulfone groups is 1. The van der Waals surface area contributed by atoms with Gasteiger partial charge in [0.2, 0.25) is 26.6 Å². The van der Waals surface area contributed by atoms with Gasteiger partial charge in [0, 0.05) is 18.7 Å². The highest BCUT2D eigenvalue weighted by Crippen LogP contribution is 2.36. The van der Waals surface area contributed by atoms with E-state index in [1.807, 2.05) is 23.1 Å². The monoisotopic (exact) mass is 442 g/mol. The molecule has 7 nitrogen and oxygen atoms in total. The van der Waals surface area contributed by atoms with Crippen LogP contribution in [0.3, 0.4) is 0 Å². The molecule has 2 heterocycles. The van der Waals surface area contributed by atoms with Crippen LogP contribution in [0.5, 0.6) is 11.5 Å². The minimum Gasteiger partial charge on any atom is -0.497 e. The molecule has 0 aliphatic carbocycles. The molecule has 3 aromatic rings. The van der Waals surface area contributed by atoms with E-state index < -0.39 is 9.84 Å². The van der Waals surface area contributed by atoms with Crippen molar-refractivity contribution in [1.82, 2.24) is 4.98 Å². The third-order valence-electron chi connectivity index (χ3n) is 5.41. The van der Waals surface area contributed by atoms with Crippen molar-refractivity contribution in [3.05, 3.63) is 48.5 Å². The maximum absolute atomic E-state index is 13.5. The first-order valence-corrected chi connectivity index (χ1v) is 11.8. The molecular formula is C23H26N2O5S. The van der Waals surface area contributed by atoms with Crippen LogP contribution in [0.2, 0.25) is 0 Å². The Kier molecular flexibility index (Phi) is 6.18. The second-order valence-electron chi connectivity index (χ2n) is 7.44. The van der Waals surface area contributed by atoms with E-state index in [4.69, 9.17) is 13.9 Å². The zero-order valence-corrected chi connectivity index (χ0v) is 18.5. The highest BCUT2D eigenvalue weighted by molar-refractivity contribution is 7.91. The van der Waals surface area contributed by atoms with Crippen molar-refractivity contribution < 1.29 is 22.3 Å². The molecule has 31 heavy (non-hydrogen) atoms. The van der Waals surface area contributed by atoms with Gasteiger partial charge in [-0.15, -0.1) is 0 Å². The van der Waals surface area contributed by atoms with Crippen molar-refractivity contribution >= 4 is 15.7 Å². The normalized spacial score (nSPS) is 14.8. The maximum Gasteiger partial charge on any atom is 0.236 e. The highest BCUT2D eigenvalue weighted by Gasteiger charge is 2.31. The third-order valence-corrected chi connectivity index (χ3v) is 7.08. The molecule has 0 amide bonds. The lowest BCUT2D eigenvalue weighted by Crippen LogP contribution is -2.25. The van der Waals surface area contributed by atoms with E-state index in [2.05, 4.69) is 4.98 Å². The molecule has 0 saturated carbocycles. The second kappa shape index (κ2) is 9.01. The van der Waals surface area contributed by atoms with Gasteiger partial charge in [-0.2, -0.15) is 4.98 Å². The van der Waals surface area contributed by atoms with E-state index in [1.165, 1.54) is 12.1 Å². The third kappa shape index (κ3) is 4.39. The van der Waals surface area contributed by atoms with Crippen LogP contribution in [0.1, 0.15) is 25.7 Å². The van der Waals surface area contributed by atoms with E-state index in [0.717, 1.165) is 38.8 Å². The zero-order chi connectivity index (χ0) is 21.8. The topological polar surface area (TPSA) is 81.9 Å². The average molecular weight is 443 g/mol. The van der Waals surface area contributed by atoms with Crippen LogP contribution >= 0.6 is 0 Å². The van der Waals surface area contributed by atoms with Crippen molar-refractivity contribution in [3.63, 3.8) is 0 Å². The van der Waals surface area contributed by atoms with Crippen LogP contribution < -0.4 is 14.4 Å². The fourth-order valence-corrected chi connectivity index (χ4v) is 5.01. The molecule has 1 aromatic heterocycles. The molecule has 1 saturated heterocycles. The summed E-state index contributed by atoms with van der Waals surface area (Å²) in [4.78, 5) is 6.62. The Balaban J connectivity index is 1.82. The number of anilines is 1. The lowest BCUT2D eigenvalue weighted by molar-refractivity contribution is 0.414. The molecule has 8 heteroatoms. The Hall–Kier alpha value is -3.00. The molecule has 4 rings (SSSR count). The van der Waals surface area contributed by atoms with Crippen LogP contribution in [0.15, 0.2) is 62.9 Å². The van der Waals surface area contributed by atoms with Crippen LogP contribution in [-0.2, 0) is 9.84 Å². The van der Waals surface area contributed by atoms with Crippen molar-refractivity contribution in [3.8, 4) is 23.0 Å². The first kappa shape index (κ1) is 21.2. The molecule has 0 unspecified atom stereocenters. The molecular weight excluding hydrogens is 416 g/mol. The molecule has 0 spiro atoms. The first-order valence-electron chi connectivity index (χ1n) is 10.3. The Bertz CT molecular complexity index is 1130. The van der Waals surface area contributed by atoms with Gasteiger partial charge in [0.15, 0.2) is 0 Å². The second-order valence-corrected chi connectivity index (χ2v) is 9.31. The number of hydrogen-bond acceptors (Lipinski definition) is 7. The summed E-state index contributed by atoms with van der Waals surface area (Å²) in [6.45, 7) is 1.47. The quantitative estimate of drug-likeness (QED) is 0.553. The van der Waals surface area contributed by atoms with E-state index in [0.29, 0.717) is 22.9 Å². The summed E-state index contributed by atoms with van der Waals surface area (Å²) in [5.74, 6) is 1.79. The van der Waals surface area contributed by atoms with Crippen LogP contribution in [0.4, 0.5) is 5.88 Å². The summed E-state index contributed by atoms with van der Waals surface area (Å²) < 4.78 is 43.6. The van der Waals surface area contributed by atoms with Gasteiger partial charge in [0.1, 0.15) is 11.5 Å². The first-order chi connectivity index (χ1) is 15.0. The summed E-state index contributed by atoms with van der Waals surface area (Å²) in [6, 6.07) is 13.6. The molecule has 0 N–H and O–H groups in total. The SMILES string of the molecule is COc1ccc(S(=O)(=O)c2nc(-c3cccc(OC)c3)oc2N2CCCCCC2)cc1. The summed E-state index contributed by atoms with van der Waals surface area (Å²) in [7, 11) is -0.771. The van der Waals surface area contributed by atoms with Gasteiger partial charge in [-0.25, -0.2) is 8.42 Å². The number of oxazole rings is 1. The lowest BCUT2D eigenvalue weighted by Gasteiger charge is -2.20. The van der Waals surface area contributed by atoms with Crippen molar-refractivity contribution in [2.75, 3.05) is 32.2 Å². The molecule has 0 atom stereocenters. The van der Waals surface area contributed by atoms with Crippen molar-refractivity contribution in [2.45, 2.75) is 35.6 Å². The van der Waals surface area contributed by atoms with Crippen LogP contribution in [0, 0.1) is 0 Å². The fourth-order valence-electron chi connectivity index (χ4n) is 3.69. The summed E-state index contributed by atoms with van der Waals surface area (Å²) >= 11 is 0. The van der Waals surface area contributed by atoms with Crippen LogP contribution in [0.25, 0.3) is 11.5 Å². The van der Waals surface area contributed by atoms with Gasteiger partial charge in [0.25, 0.3) is 0 Å². The van der Waals surface area contributed by atoms with Crippen LogP contribution in [-0.4, -0.2) is 40.7 Å². The number of ether oxygens (including phenoxy) is 2. The number of aromatic nitrogens is 1. The molecule has 164 valence electrons. The van der Waals surface area contributed by atoms with Gasteiger partial charge in [0.05, 0.1) is 19.1 Å². The molecule has 1 aliphatic heterocycles. The molecule has 0 bridgehead atoms. The van der Waals surface area contributed by atoms with E-state index >= 15 is 0 Å². The minimum absolute atomic E-state index is 0.0580. The Labute approximate surface area is 182 Å². The largest absolute Gasteiger partial charge is 0.497 e. The van der Waals surface area contributed by atoms with Gasteiger partial charge in [-0.05, 0) is 55.3 Å². The van der Waals surface area contributed by atoms with Gasteiger partial charge in [-0.3, -0.25) is 0 Å². The molecule has 1 aliphatic rings. The fraction of sp³-hybridized carbons (Fsp3) is 0.348. The Morgan fingerprint density at radius 2 is 1.58 bits per heavy atom. The molecule has 2 aromatic carbocycles. The number of methoxy groups -OCH3 is 2. The zero-order valence-electron chi connectivity index (χ0n) is 17.7. The number of rotatable bonds is 6. The summed E-state index contributed by atoms with van der Waals surface area (Å²) in [5, 5.41) is -0.0580. The average Bonchev–Trinajstić information content (AvgIpc) is 3.09. The van der Waals surface area contributed by atoms with E-state index in [9.17, 15) is 8.42 Å². The number of hydrogen-bond donors (Lipinski definition) is 0. The number of benzene rings is 2. The molecule has 1 fully saturated rings. The molecule has 0 radical (unpaired) electrons. The maximum atomic E-state index is 13.5. The summed E-state index contributed by atoms with van der Waals surface area (Å²) in [6.07, 6.45) is 4.20. The minimum atomic E-state index is -3.89. The van der Waals surface area contributed by atoms with Gasteiger partial charge < -0.3 is 18.8 Å². The highest BCUT2D eigenvalue weighted by atomic mass is 32.2. The van der Waals surface area contributed by atoms with Gasteiger partial charge in [-0.1, -0.05) is 18.9 Å². The van der Waals surface area contributed by atoms with Crippen molar-refractivity contribution in [2.24, 2.45) is 0 Å². The Morgan fingerprint density at radius 1 is 0.903 bits per heavy atom. The predicted octanol–water partition coefficient (Wildman–Crippen LogP) is 4.57. The standard InChI is InChI=1S/C23H26N2O5S/c1-28-18-10-12-20(13-11-18)31(26,27)22-23(25-14-5-3-4-6-15-25)30-21(24-22)17-8-7-9-19(16-17)29-2/h7-13,16H,3-6,14-15H2,1-2H3. The van der Waals surface area contributed by atoms with E-state index in [-0.39, 0.29) is 15.8 Å². The Morgan fingerprint density at radius 3 is 2.23 bits per heavy atom. The van der Waals surface area contributed by atoms with Gasteiger partial charge >= 0.3 is 0 Å². The summed E-state index contributed by atoms with van der Waals surface area (Å²) in [5.41, 5.74) is 0.659. The predicted molar refractivity (Wildman–Crippen MR) is 118 cm³/mol. The van der Waals surface area contributed by atoms with Crippen molar-refractivity contribution in [1.29, 1.82) is 0 Å². The smallest absolute Gasteiger partial charge is 0.236 e.